The van der Waals surface area contributed by atoms with Crippen molar-refractivity contribution in [1.29, 1.82) is 0 Å². The third kappa shape index (κ3) is 3.03. The zero-order chi connectivity index (χ0) is 16.4. The van der Waals surface area contributed by atoms with Crippen LogP contribution in [0.1, 0.15) is 56.7 Å². The van der Waals surface area contributed by atoms with Crippen molar-refractivity contribution in [2.75, 3.05) is 11.9 Å². The fourth-order valence-corrected chi connectivity index (χ4v) is 4.14. The molecule has 0 saturated carbocycles. The van der Waals surface area contributed by atoms with Gasteiger partial charge in [-0.2, -0.15) is 0 Å². The Morgan fingerprint density at radius 2 is 2.13 bits per heavy atom. The van der Waals surface area contributed by atoms with Gasteiger partial charge in [0.05, 0.1) is 24.0 Å². The van der Waals surface area contributed by atoms with E-state index < -0.39 is 0 Å². The summed E-state index contributed by atoms with van der Waals surface area (Å²) in [6, 6.07) is 1.63. The van der Waals surface area contributed by atoms with Crippen molar-refractivity contribution < 1.29 is 18.7 Å². The van der Waals surface area contributed by atoms with E-state index in [2.05, 4.69) is 5.32 Å². The molecule has 0 aromatic carbocycles. The Balaban J connectivity index is 1.95. The van der Waals surface area contributed by atoms with Crippen molar-refractivity contribution in [1.82, 2.24) is 0 Å². The summed E-state index contributed by atoms with van der Waals surface area (Å²) in [6.07, 6.45) is 5.47. The Hall–Kier alpha value is -2.08. The summed E-state index contributed by atoms with van der Waals surface area (Å²) in [5.41, 5.74) is 2.05. The largest absolute Gasteiger partial charge is 0.469 e. The Labute approximate surface area is 138 Å². The Morgan fingerprint density at radius 1 is 1.35 bits per heavy atom. The molecule has 0 unspecified atom stereocenters. The predicted molar refractivity (Wildman–Crippen MR) is 88.3 cm³/mol. The van der Waals surface area contributed by atoms with Crippen molar-refractivity contribution in [3.05, 3.63) is 39.7 Å². The molecular weight excluding hydrogens is 314 g/mol. The number of hydrogen-bond donors (Lipinski definition) is 1. The van der Waals surface area contributed by atoms with E-state index in [1.54, 1.807) is 19.9 Å². The fraction of sp³-hybridized carbons (Fsp3) is 0.412. The van der Waals surface area contributed by atoms with Gasteiger partial charge in [0.1, 0.15) is 10.8 Å². The van der Waals surface area contributed by atoms with Crippen LogP contribution in [0, 0.1) is 6.92 Å². The number of carbonyl (C=O) groups excluding carboxylic acids is 2. The summed E-state index contributed by atoms with van der Waals surface area (Å²) < 4.78 is 10.4. The van der Waals surface area contributed by atoms with Crippen LogP contribution in [0.3, 0.4) is 0 Å². The second-order valence-corrected chi connectivity index (χ2v) is 6.59. The van der Waals surface area contributed by atoms with E-state index in [4.69, 9.17) is 9.15 Å². The number of carbonyl (C=O) groups is 2. The number of aryl methyl sites for hydroxylation is 2. The standard InChI is InChI=1S/C17H19NO4S/c1-3-21-17(20)14-12-6-4-5-7-13(12)23-16(14)18-15(19)11-8-9-22-10(11)2/h8-9H,3-7H2,1-2H3,(H,18,19). The maximum atomic E-state index is 12.4. The molecule has 1 amide bonds. The molecule has 0 atom stereocenters. The van der Waals surface area contributed by atoms with Gasteiger partial charge < -0.3 is 14.5 Å². The van der Waals surface area contributed by atoms with Gasteiger partial charge in [-0.05, 0) is 51.2 Å². The summed E-state index contributed by atoms with van der Waals surface area (Å²) in [6.45, 7) is 3.84. The van der Waals surface area contributed by atoms with Crippen molar-refractivity contribution >= 4 is 28.2 Å². The van der Waals surface area contributed by atoms with Crippen LogP contribution in [0.15, 0.2) is 16.7 Å². The lowest BCUT2D eigenvalue weighted by atomic mass is 9.95. The highest BCUT2D eigenvalue weighted by Gasteiger charge is 2.27. The zero-order valence-corrected chi connectivity index (χ0v) is 14.0. The summed E-state index contributed by atoms with van der Waals surface area (Å²) in [4.78, 5) is 26.0. The molecule has 23 heavy (non-hydrogen) atoms. The number of hydrogen-bond acceptors (Lipinski definition) is 5. The number of amides is 1. The Kier molecular flexibility index (Phi) is 4.52. The minimum absolute atomic E-state index is 0.264. The molecule has 0 radical (unpaired) electrons. The number of rotatable bonds is 4. The number of nitrogens with one attached hydrogen (secondary N) is 1. The second kappa shape index (κ2) is 6.58. The summed E-state index contributed by atoms with van der Waals surface area (Å²) in [5, 5.41) is 3.45. The molecule has 1 aliphatic rings. The lowest BCUT2D eigenvalue weighted by Crippen LogP contribution is -2.16. The molecule has 3 rings (SSSR count). The van der Waals surface area contributed by atoms with Crippen molar-refractivity contribution in [2.24, 2.45) is 0 Å². The van der Waals surface area contributed by atoms with E-state index in [0.717, 1.165) is 31.2 Å². The van der Waals surface area contributed by atoms with Gasteiger partial charge in [-0.25, -0.2) is 4.79 Å². The van der Waals surface area contributed by atoms with Crippen LogP contribution in [0.4, 0.5) is 5.00 Å². The van der Waals surface area contributed by atoms with Crippen LogP contribution >= 0.6 is 11.3 Å². The summed E-state index contributed by atoms with van der Waals surface area (Å²) in [5.74, 6) is -0.0620. The molecule has 0 bridgehead atoms. The van der Waals surface area contributed by atoms with Crippen LogP contribution in [0.2, 0.25) is 0 Å². The van der Waals surface area contributed by atoms with Crippen LogP contribution in [0.25, 0.3) is 0 Å². The molecule has 2 heterocycles. The molecule has 2 aromatic rings. The first-order valence-corrected chi connectivity index (χ1v) is 8.60. The van der Waals surface area contributed by atoms with Gasteiger partial charge in [-0.15, -0.1) is 11.3 Å². The fourth-order valence-electron chi connectivity index (χ4n) is 2.86. The van der Waals surface area contributed by atoms with Gasteiger partial charge in [0, 0.05) is 4.88 Å². The molecule has 2 aromatic heterocycles. The molecule has 0 saturated heterocycles. The smallest absolute Gasteiger partial charge is 0.341 e. The zero-order valence-electron chi connectivity index (χ0n) is 13.2. The number of anilines is 1. The number of thiophene rings is 1. The van der Waals surface area contributed by atoms with Crippen molar-refractivity contribution in [3.63, 3.8) is 0 Å². The summed E-state index contributed by atoms with van der Waals surface area (Å²) in [7, 11) is 0. The van der Waals surface area contributed by atoms with E-state index in [1.165, 1.54) is 22.5 Å². The molecule has 0 fully saturated rings. The van der Waals surface area contributed by atoms with E-state index >= 15 is 0 Å². The van der Waals surface area contributed by atoms with Crippen molar-refractivity contribution in [3.8, 4) is 0 Å². The number of furan rings is 1. The topological polar surface area (TPSA) is 68.5 Å². The third-order valence-electron chi connectivity index (χ3n) is 3.98. The molecule has 6 heteroatoms. The molecule has 1 aliphatic carbocycles. The highest BCUT2D eigenvalue weighted by molar-refractivity contribution is 7.17. The lowest BCUT2D eigenvalue weighted by molar-refractivity contribution is 0.0526. The van der Waals surface area contributed by atoms with E-state index in [9.17, 15) is 9.59 Å². The van der Waals surface area contributed by atoms with Gasteiger partial charge in [0.2, 0.25) is 0 Å². The average Bonchev–Trinajstić information content (AvgIpc) is 3.10. The monoisotopic (exact) mass is 333 g/mol. The van der Waals surface area contributed by atoms with Gasteiger partial charge >= 0.3 is 5.97 Å². The molecule has 5 nitrogen and oxygen atoms in total. The van der Waals surface area contributed by atoms with Gasteiger partial charge in [0.15, 0.2) is 0 Å². The van der Waals surface area contributed by atoms with E-state index in [1.807, 2.05) is 0 Å². The van der Waals surface area contributed by atoms with E-state index in [0.29, 0.717) is 28.5 Å². The normalized spacial score (nSPS) is 13.5. The number of esters is 1. The van der Waals surface area contributed by atoms with Crippen LogP contribution in [0.5, 0.6) is 0 Å². The Morgan fingerprint density at radius 3 is 2.83 bits per heavy atom. The van der Waals surface area contributed by atoms with Crippen LogP contribution in [-0.4, -0.2) is 18.5 Å². The van der Waals surface area contributed by atoms with Gasteiger partial charge in [-0.3, -0.25) is 4.79 Å². The number of fused-ring (bicyclic) bond motifs is 1. The molecular formula is C17H19NO4S. The SMILES string of the molecule is CCOC(=O)c1c(NC(=O)c2ccoc2C)sc2c1CCCC2. The minimum atomic E-state index is -0.355. The van der Waals surface area contributed by atoms with Gasteiger partial charge in [0.25, 0.3) is 5.91 Å². The van der Waals surface area contributed by atoms with Crippen LogP contribution in [-0.2, 0) is 17.6 Å². The van der Waals surface area contributed by atoms with Gasteiger partial charge in [-0.1, -0.05) is 0 Å². The maximum absolute atomic E-state index is 12.4. The first-order chi connectivity index (χ1) is 11.1. The first kappa shape index (κ1) is 15.8. The highest BCUT2D eigenvalue weighted by atomic mass is 32.1. The molecule has 0 spiro atoms. The van der Waals surface area contributed by atoms with Crippen molar-refractivity contribution in [2.45, 2.75) is 39.5 Å². The molecule has 122 valence electrons. The minimum Gasteiger partial charge on any atom is -0.469 e. The second-order valence-electron chi connectivity index (χ2n) is 5.48. The summed E-state index contributed by atoms with van der Waals surface area (Å²) >= 11 is 1.48. The lowest BCUT2D eigenvalue weighted by Gasteiger charge is -2.12. The van der Waals surface area contributed by atoms with Crippen LogP contribution < -0.4 is 5.32 Å². The predicted octanol–water partition coefficient (Wildman–Crippen LogP) is 3.96. The average molecular weight is 333 g/mol. The maximum Gasteiger partial charge on any atom is 0.341 e. The number of ether oxygens (including phenoxy) is 1. The highest BCUT2D eigenvalue weighted by Crippen LogP contribution is 2.38. The third-order valence-corrected chi connectivity index (χ3v) is 5.19. The van der Waals surface area contributed by atoms with E-state index in [-0.39, 0.29) is 11.9 Å². The first-order valence-electron chi connectivity index (χ1n) is 7.79. The Bertz CT molecular complexity index is 744. The molecule has 0 aliphatic heterocycles. The quantitative estimate of drug-likeness (QED) is 0.860. The molecule has 1 N–H and O–H groups in total.